The normalized spacial score (nSPS) is 31.5. The molecule has 1 fully saturated rings. The topological polar surface area (TPSA) is 44.5 Å². The summed E-state index contributed by atoms with van der Waals surface area (Å²) in [5, 5.41) is 0.707. The second kappa shape index (κ2) is 4.10. The number of benzene rings is 1. The van der Waals surface area contributed by atoms with Crippen molar-refractivity contribution in [2.75, 3.05) is 13.2 Å². The summed E-state index contributed by atoms with van der Waals surface area (Å²) in [7, 11) is 0. The van der Waals surface area contributed by atoms with E-state index in [1.165, 1.54) is 0 Å². The third-order valence-corrected chi connectivity index (χ3v) is 2.52. The Bertz CT molecular complexity index is 327. The van der Waals surface area contributed by atoms with Gasteiger partial charge in [0.15, 0.2) is 6.29 Å². The van der Waals surface area contributed by atoms with Gasteiger partial charge in [-0.3, -0.25) is 0 Å². The van der Waals surface area contributed by atoms with Crippen LogP contribution < -0.4 is 5.73 Å². The van der Waals surface area contributed by atoms with Gasteiger partial charge in [-0.2, -0.15) is 0 Å². The largest absolute Gasteiger partial charge is 0.346 e. The van der Waals surface area contributed by atoms with E-state index in [-0.39, 0.29) is 11.8 Å². The molecule has 0 aliphatic carbocycles. The molecule has 3 nitrogen and oxygen atoms in total. The SMILES string of the molecule is CC1(N)COC(c2ccc(Cl)cc2)OC1. The first kappa shape index (κ1) is 10.9. The molecule has 0 amide bonds. The van der Waals surface area contributed by atoms with E-state index in [1.807, 2.05) is 31.2 Å². The molecule has 2 rings (SSSR count). The van der Waals surface area contributed by atoms with E-state index in [0.717, 1.165) is 5.56 Å². The van der Waals surface area contributed by atoms with Gasteiger partial charge in [-0.25, -0.2) is 0 Å². The van der Waals surface area contributed by atoms with Crippen molar-refractivity contribution in [2.45, 2.75) is 18.8 Å². The van der Waals surface area contributed by atoms with E-state index in [1.54, 1.807) is 0 Å². The minimum absolute atomic E-state index is 0.320. The quantitative estimate of drug-likeness (QED) is 0.799. The molecule has 0 radical (unpaired) electrons. The Morgan fingerprint density at radius 1 is 1.27 bits per heavy atom. The first-order valence-electron chi connectivity index (χ1n) is 4.84. The highest BCUT2D eigenvalue weighted by atomic mass is 35.5. The molecule has 1 heterocycles. The van der Waals surface area contributed by atoms with E-state index in [2.05, 4.69) is 0 Å². The van der Waals surface area contributed by atoms with E-state index >= 15 is 0 Å². The Labute approximate surface area is 94.1 Å². The van der Waals surface area contributed by atoms with Gasteiger partial charge < -0.3 is 15.2 Å². The fourth-order valence-corrected chi connectivity index (χ4v) is 1.56. The molecule has 0 aromatic heterocycles. The highest BCUT2D eigenvalue weighted by Gasteiger charge is 2.29. The maximum Gasteiger partial charge on any atom is 0.183 e. The molecule has 0 saturated carbocycles. The van der Waals surface area contributed by atoms with Crippen LogP contribution in [0.25, 0.3) is 0 Å². The fourth-order valence-electron chi connectivity index (χ4n) is 1.43. The Kier molecular flexibility index (Phi) is 2.98. The zero-order valence-corrected chi connectivity index (χ0v) is 9.33. The Morgan fingerprint density at radius 3 is 2.33 bits per heavy atom. The number of halogens is 1. The van der Waals surface area contributed by atoms with Crippen LogP contribution in [0, 0.1) is 0 Å². The molecule has 82 valence electrons. The summed E-state index contributed by atoms with van der Waals surface area (Å²) >= 11 is 5.79. The zero-order valence-electron chi connectivity index (χ0n) is 8.57. The van der Waals surface area contributed by atoms with Crippen molar-refractivity contribution in [3.8, 4) is 0 Å². The van der Waals surface area contributed by atoms with Gasteiger partial charge in [0, 0.05) is 10.6 Å². The third-order valence-electron chi connectivity index (χ3n) is 2.27. The van der Waals surface area contributed by atoms with Crippen molar-refractivity contribution in [3.05, 3.63) is 34.9 Å². The Hall–Kier alpha value is -0.610. The van der Waals surface area contributed by atoms with Crippen LogP contribution >= 0.6 is 11.6 Å². The van der Waals surface area contributed by atoms with Crippen LogP contribution in [-0.2, 0) is 9.47 Å². The second-order valence-electron chi connectivity index (χ2n) is 4.16. The molecule has 1 aromatic rings. The third kappa shape index (κ3) is 2.69. The lowest BCUT2D eigenvalue weighted by Crippen LogP contribution is -2.49. The first-order valence-corrected chi connectivity index (χ1v) is 5.22. The van der Waals surface area contributed by atoms with Crippen molar-refractivity contribution in [2.24, 2.45) is 5.73 Å². The van der Waals surface area contributed by atoms with Crippen LogP contribution in [-0.4, -0.2) is 18.8 Å². The van der Waals surface area contributed by atoms with Gasteiger partial charge in [0.05, 0.1) is 18.8 Å². The lowest BCUT2D eigenvalue weighted by molar-refractivity contribution is -0.208. The number of ether oxygens (including phenoxy) is 2. The summed E-state index contributed by atoms with van der Waals surface area (Å²) in [6, 6.07) is 7.43. The molecule has 1 aliphatic rings. The summed E-state index contributed by atoms with van der Waals surface area (Å²) in [5.41, 5.74) is 6.45. The highest BCUT2D eigenvalue weighted by molar-refractivity contribution is 6.30. The van der Waals surface area contributed by atoms with Crippen molar-refractivity contribution in [3.63, 3.8) is 0 Å². The van der Waals surface area contributed by atoms with Crippen molar-refractivity contribution in [1.82, 2.24) is 0 Å². The summed E-state index contributed by atoms with van der Waals surface area (Å²) in [6.07, 6.45) is -0.320. The zero-order chi connectivity index (χ0) is 10.9. The van der Waals surface area contributed by atoms with E-state index < -0.39 is 0 Å². The van der Waals surface area contributed by atoms with Crippen molar-refractivity contribution >= 4 is 11.6 Å². The molecule has 0 spiro atoms. The van der Waals surface area contributed by atoms with Gasteiger partial charge in [0.2, 0.25) is 0 Å². The molecule has 0 atom stereocenters. The van der Waals surface area contributed by atoms with Crippen molar-refractivity contribution < 1.29 is 9.47 Å². The smallest absolute Gasteiger partial charge is 0.183 e. The number of rotatable bonds is 1. The van der Waals surface area contributed by atoms with Crippen LogP contribution in [0.3, 0.4) is 0 Å². The van der Waals surface area contributed by atoms with Crippen molar-refractivity contribution in [1.29, 1.82) is 0 Å². The van der Waals surface area contributed by atoms with Crippen LogP contribution in [0.1, 0.15) is 18.8 Å². The minimum atomic E-state index is -0.386. The molecule has 0 unspecified atom stereocenters. The van der Waals surface area contributed by atoms with E-state index in [4.69, 9.17) is 26.8 Å². The molecule has 1 aliphatic heterocycles. The molecule has 1 saturated heterocycles. The number of hydrogen-bond acceptors (Lipinski definition) is 3. The highest BCUT2D eigenvalue weighted by Crippen LogP contribution is 2.26. The monoisotopic (exact) mass is 227 g/mol. The van der Waals surface area contributed by atoms with Gasteiger partial charge in [0.1, 0.15) is 0 Å². The summed E-state index contributed by atoms with van der Waals surface area (Å²) in [6.45, 7) is 2.91. The average Bonchev–Trinajstić information content (AvgIpc) is 2.20. The maximum absolute atomic E-state index is 5.87. The molecule has 1 aromatic carbocycles. The van der Waals surface area contributed by atoms with Gasteiger partial charge in [-0.05, 0) is 19.1 Å². The van der Waals surface area contributed by atoms with Crippen LogP contribution in [0.2, 0.25) is 5.02 Å². The minimum Gasteiger partial charge on any atom is -0.346 e. The number of nitrogens with two attached hydrogens (primary N) is 1. The molecule has 15 heavy (non-hydrogen) atoms. The maximum atomic E-state index is 5.87. The van der Waals surface area contributed by atoms with Crippen LogP contribution in [0.15, 0.2) is 24.3 Å². The first-order chi connectivity index (χ1) is 7.07. The van der Waals surface area contributed by atoms with Gasteiger partial charge >= 0.3 is 0 Å². The van der Waals surface area contributed by atoms with Gasteiger partial charge in [0.25, 0.3) is 0 Å². The molecular weight excluding hydrogens is 214 g/mol. The molecule has 0 bridgehead atoms. The Morgan fingerprint density at radius 2 is 1.80 bits per heavy atom. The van der Waals surface area contributed by atoms with E-state index in [0.29, 0.717) is 18.2 Å². The molecular formula is C11H14ClNO2. The van der Waals surface area contributed by atoms with Gasteiger partial charge in [-0.15, -0.1) is 0 Å². The lowest BCUT2D eigenvalue weighted by atomic mass is 10.1. The average molecular weight is 228 g/mol. The summed E-state index contributed by atoms with van der Waals surface area (Å²) in [4.78, 5) is 0. The fraction of sp³-hybridized carbons (Fsp3) is 0.455. The number of hydrogen-bond donors (Lipinski definition) is 1. The van der Waals surface area contributed by atoms with E-state index in [9.17, 15) is 0 Å². The van der Waals surface area contributed by atoms with Crippen LogP contribution in [0.5, 0.6) is 0 Å². The molecule has 2 N–H and O–H groups in total. The standard InChI is InChI=1S/C11H14ClNO2/c1-11(13)6-14-10(15-7-11)8-2-4-9(12)5-3-8/h2-5,10H,6-7,13H2,1H3. The second-order valence-corrected chi connectivity index (χ2v) is 4.60. The Balaban J connectivity index is 2.04. The predicted octanol–water partition coefficient (Wildman–Crippen LogP) is 2.10. The van der Waals surface area contributed by atoms with Gasteiger partial charge in [-0.1, -0.05) is 23.7 Å². The van der Waals surface area contributed by atoms with Crippen LogP contribution in [0.4, 0.5) is 0 Å². The predicted molar refractivity (Wildman–Crippen MR) is 58.7 cm³/mol. The summed E-state index contributed by atoms with van der Waals surface area (Å²) < 4.78 is 11.1. The summed E-state index contributed by atoms with van der Waals surface area (Å²) in [5.74, 6) is 0. The lowest BCUT2D eigenvalue weighted by Gasteiger charge is -2.34. The molecule has 4 heteroatoms.